The molecule has 1 atom stereocenters. The van der Waals surface area contributed by atoms with Crippen molar-refractivity contribution in [2.75, 3.05) is 0 Å². The van der Waals surface area contributed by atoms with E-state index in [0.29, 0.717) is 6.54 Å². The summed E-state index contributed by atoms with van der Waals surface area (Å²) < 4.78 is 0. The highest BCUT2D eigenvalue weighted by Crippen LogP contribution is 2.65. The topological polar surface area (TPSA) is 57.8 Å². The first kappa shape index (κ1) is 16.2. The number of H-pyrrole nitrogens is 1. The Balaban J connectivity index is 1.71. The first-order valence-corrected chi connectivity index (χ1v) is 8.92. The summed E-state index contributed by atoms with van der Waals surface area (Å²) in [5, 5.41) is 12.5. The molecular formula is C18H25N3OS. The Morgan fingerprint density at radius 2 is 2.13 bits per heavy atom. The van der Waals surface area contributed by atoms with E-state index >= 15 is 0 Å². The van der Waals surface area contributed by atoms with Crippen LogP contribution in [0.25, 0.3) is 0 Å². The van der Waals surface area contributed by atoms with Crippen molar-refractivity contribution in [3.05, 3.63) is 39.8 Å². The van der Waals surface area contributed by atoms with Crippen LogP contribution in [0.4, 0.5) is 0 Å². The van der Waals surface area contributed by atoms with Gasteiger partial charge < -0.3 is 5.32 Å². The summed E-state index contributed by atoms with van der Waals surface area (Å²) in [5.41, 5.74) is 1.63. The molecule has 5 heteroatoms. The van der Waals surface area contributed by atoms with E-state index in [1.54, 1.807) is 11.3 Å². The lowest BCUT2D eigenvalue weighted by atomic mass is 9.92. The third-order valence-corrected chi connectivity index (χ3v) is 5.94. The van der Waals surface area contributed by atoms with Crippen molar-refractivity contribution in [2.45, 2.75) is 58.4 Å². The van der Waals surface area contributed by atoms with Crippen LogP contribution >= 0.6 is 11.3 Å². The summed E-state index contributed by atoms with van der Waals surface area (Å²) in [7, 11) is 0. The Kier molecular flexibility index (Phi) is 3.67. The summed E-state index contributed by atoms with van der Waals surface area (Å²) in [6.07, 6.45) is 0.905. The van der Waals surface area contributed by atoms with Crippen molar-refractivity contribution < 1.29 is 4.79 Å². The molecule has 0 spiro atoms. The summed E-state index contributed by atoms with van der Waals surface area (Å²) >= 11 is 1.67. The monoisotopic (exact) mass is 331 g/mol. The molecule has 0 unspecified atom stereocenters. The molecule has 0 radical (unpaired) electrons. The van der Waals surface area contributed by atoms with E-state index in [1.807, 2.05) is 17.5 Å². The lowest BCUT2D eigenvalue weighted by molar-refractivity contribution is -0.124. The number of hydrogen-bond donors (Lipinski definition) is 2. The average molecular weight is 331 g/mol. The van der Waals surface area contributed by atoms with Crippen LogP contribution in [0, 0.1) is 5.41 Å². The van der Waals surface area contributed by atoms with Gasteiger partial charge in [0.25, 0.3) is 0 Å². The van der Waals surface area contributed by atoms with Crippen molar-refractivity contribution in [3.8, 4) is 0 Å². The highest BCUT2D eigenvalue weighted by Gasteiger charge is 2.67. The molecule has 2 N–H and O–H groups in total. The van der Waals surface area contributed by atoms with Gasteiger partial charge in [0.1, 0.15) is 0 Å². The van der Waals surface area contributed by atoms with E-state index in [4.69, 9.17) is 0 Å². The van der Waals surface area contributed by atoms with Crippen LogP contribution < -0.4 is 5.32 Å². The van der Waals surface area contributed by atoms with Crippen LogP contribution in [0.15, 0.2) is 23.6 Å². The molecule has 3 rings (SSSR count). The second kappa shape index (κ2) is 5.20. The Hall–Kier alpha value is -1.62. The van der Waals surface area contributed by atoms with Crippen molar-refractivity contribution in [2.24, 2.45) is 5.41 Å². The van der Waals surface area contributed by atoms with Gasteiger partial charge in [-0.2, -0.15) is 5.10 Å². The fraction of sp³-hybridized carbons (Fsp3) is 0.556. The second-order valence-electron chi connectivity index (χ2n) is 8.15. The number of carbonyl (C=O) groups excluding carboxylic acids is 1. The number of amides is 1. The van der Waals surface area contributed by atoms with Crippen molar-refractivity contribution in [1.29, 1.82) is 0 Å². The maximum absolute atomic E-state index is 12.9. The van der Waals surface area contributed by atoms with Crippen LogP contribution in [0.2, 0.25) is 0 Å². The Labute approximate surface area is 141 Å². The van der Waals surface area contributed by atoms with Gasteiger partial charge in [-0.05, 0) is 29.3 Å². The highest BCUT2D eigenvalue weighted by atomic mass is 32.1. The van der Waals surface area contributed by atoms with Gasteiger partial charge in [0.15, 0.2) is 0 Å². The van der Waals surface area contributed by atoms with Gasteiger partial charge in [0.05, 0.1) is 23.3 Å². The smallest absolute Gasteiger partial charge is 0.232 e. The Bertz CT molecular complexity index is 709. The second-order valence-corrected chi connectivity index (χ2v) is 9.10. The molecule has 124 valence electrons. The molecule has 23 heavy (non-hydrogen) atoms. The van der Waals surface area contributed by atoms with Crippen LogP contribution in [0.3, 0.4) is 0 Å². The van der Waals surface area contributed by atoms with E-state index in [9.17, 15) is 4.79 Å². The number of aromatic nitrogens is 2. The quantitative estimate of drug-likeness (QED) is 0.896. The van der Waals surface area contributed by atoms with Crippen molar-refractivity contribution in [1.82, 2.24) is 15.5 Å². The lowest BCUT2D eigenvalue weighted by Gasteiger charge is -2.18. The molecule has 2 heterocycles. The Morgan fingerprint density at radius 3 is 2.61 bits per heavy atom. The summed E-state index contributed by atoms with van der Waals surface area (Å²) in [4.78, 5) is 14.0. The third kappa shape index (κ3) is 2.71. The summed E-state index contributed by atoms with van der Waals surface area (Å²) in [5.74, 6) is 0.122. The van der Waals surface area contributed by atoms with E-state index in [0.717, 1.165) is 17.8 Å². The number of nitrogens with one attached hydrogen (secondary N) is 2. The van der Waals surface area contributed by atoms with Crippen molar-refractivity contribution >= 4 is 17.2 Å². The number of thiophene rings is 1. The maximum Gasteiger partial charge on any atom is 0.232 e. The van der Waals surface area contributed by atoms with Crippen LogP contribution in [0.5, 0.6) is 0 Å². The molecule has 0 bridgehead atoms. The van der Waals surface area contributed by atoms with Gasteiger partial charge in [-0.25, -0.2) is 0 Å². The van der Waals surface area contributed by atoms with E-state index in [-0.39, 0.29) is 22.2 Å². The molecule has 1 amide bonds. The average Bonchev–Trinajstić information content (AvgIpc) is 2.93. The molecule has 0 aromatic carbocycles. The van der Waals surface area contributed by atoms with Gasteiger partial charge in [-0.1, -0.05) is 40.7 Å². The fourth-order valence-electron chi connectivity index (χ4n) is 3.22. The lowest BCUT2D eigenvalue weighted by Crippen LogP contribution is -2.37. The molecule has 0 saturated heterocycles. The maximum atomic E-state index is 12.9. The van der Waals surface area contributed by atoms with Crippen molar-refractivity contribution in [3.63, 3.8) is 0 Å². The molecule has 1 saturated carbocycles. The third-order valence-electron chi connectivity index (χ3n) is 4.91. The van der Waals surface area contributed by atoms with E-state index < -0.39 is 0 Å². The predicted molar refractivity (Wildman–Crippen MR) is 93.5 cm³/mol. The minimum Gasteiger partial charge on any atom is -0.350 e. The molecule has 1 fully saturated rings. The van der Waals surface area contributed by atoms with Gasteiger partial charge in [-0.15, -0.1) is 11.3 Å². The summed E-state index contributed by atoms with van der Waals surface area (Å²) in [6.45, 7) is 11.2. The molecule has 4 nitrogen and oxygen atoms in total. The number of carbonyl (C=O) groups is 1. The summed E-state index contributed by atoms with van der Waals surface area (Å²) in [6, 6.07) is 6.14. The molecule has 1 aliphatic rings. The fourth-order valence-corrected chi connectivity index (χ4v) is 4.33. The Morgan fingerprint density at radius 1 is 1.43 bits per heavy atom. The number of rotatable bonds is 4. The number of aromatic amines is 1. The number of nitrogens with zero attached hydrogens (tertiary/aromatic N) is 1. The first-order valence-electron chi connectivity index (χ1n) is 8.04. The van der Waals surface area contributed by atoms with Crippen LogP contribution in [-0.2, 0) is 22.2 Å². The van der Waals surface area contributed by atoms with E-state index in [1.165, 1.54) is 4.88 Å². The largest absolute Gasteiger partial charge is 0.350 e. The van der Waals surface area contributed by atoms with Gasteiger partial charge in [0, 0.05) is 10.3 Å². The molecule has 1 aliphatic carbocycles. The minimum atomic E-state index is -0.367. The number of hydrogen-bond acceptors (Lipinski definition) is 3. The SMILES string of the molecule is CC(C)(C)c1cc(CNC(=O)[C@]2(c3cccs3)CC2(C)C)[nH]n1. The van der Waals surface area contributed by atoms with Gasteiger partial charge in [-0.3, -0.25) is 9.89 Å². The standard InChI is InChI=1S/C18H25N3OS/c1-16(2,3)13-9-12(20-21-13)10-19-15(22)18(11-17(18,4)5)14-7-6-8-23-14/h6-9H,10-11H2,1-5H3,(H,19,22)(H,20,21)/t18-/m1/s1. The molecule has 2 aromatic rings. The zero-order valence-electron chi connectivity index (χ0n) is 14.5. The van der Waals surface area contributed by atoms with Crippen LogP contribution in [-0.4, -0.2) is 16.1 Å². The molecule has 0 aliphatic heterocycles. The highest BCUT2D eigenvalue weighted by molar-refractivity contribution is 7.10. The first-order chi connectivity index (χ1) is 10.7. The van der Waals surface area contributed by atoms with Gasteiger partial charge >= 0.3 is 0 Å². The van der Waals surface area contributed by atoms with Gasteiger partial charge in [0.2, 0.25) is 5.91 Å². The minimum absolute atomic E-state index is 0.00936. The predicted octanol–water partition coefficient (Wildman–Crippen LogP) is 3.75. The molecule has 2 aromatic heterocycles. The zero-order valence-corrected chi connectivity index (χ0v) is 15.3. The molecular weight excluding hydrogens is 306 g/mol. The van der Waals surface area contributed by atoms with E-state index in [2.05, 4.69) is 56.2 Å². The zero-order chi connectivity index (χ0) is 16.9. The van der Waals surface area contributed by atoms with Crippen LogP contribution in [0.1, 0.15) is 57.3 Å². The normalized spacial score (nSPS) is 22.8.